The Morgan fingerprint density at radius 2 is 2.06 bits per heavy atom. The van der Waals surface area contributed by atoms with Gasteiger partial charge in [-0.3, -0.25) is 9.69 Å². The van der Waals surface area contributed by atoms with Crippen molar-refractivity contribution in [3.8, 4) is 0 Å². The minimum absolute atomic E-state index is 0.0743. The van der Waals surface area contributed by atoms with E-state index in [4.69, 9.17) is 5.11 Å². The van der Waals surface area contributed by atoms with Crippen LogP contribution in [-0.2, 0) is 4.79 Å². The lowest BCUT2D eigenvalue weighted by Crippen LogP contribution is -2.45. The number of aliphatic hydroxyl groups excluding tert-OH is 1. The molecule has 0 spiro atoms. The molecule has 1 aliphatic rings. The third-order valence-corrected chi connectivity index (χ3v) is 3.31. The largest absolute Gasteiger partial charge is 0.396 e. The number of likely N-dealkylation sites (N-methyl/N-ethyl adjacent to an activating group) is 1. The summed E-state index contributed by atoms with van der Waals surface area (Å²) in [6.07, 6.45) is 1.58. The van der Waals surface area contributed by atoms with Crippen molar-refractivity contribution >= 4 is 5.91 Å². The Balaban J connectivity index is 2.91. The van der Waals surface area contributed by atoms with Gasteiger partial charge in [0.2, 0.25) is 5.91 Å². The fourth-order valence-corrected chi connectivity index (χ4v) is 2.79. The number of carbonyl (C=O) groups is 1. The van der Waals surface area contributed by atoms with Crippen molar-refractivity contribution in [1.29, 1.82) is 0 Å². The van der Waals surface area contributed by atoms with Gasteiger partial charge < -0.3 is 10.0 Å². The zero-order valence-electron chi connectivity index (χ0n) is 11.6. The molecular weight excluding hydrogens is 216 g/mol. The summed E-state index contributed by atoms with van der Waals surface area (Å²) in [5.41, 5.74) is 0.115. The van der Waals surface area contributed by atoms with Gasteiger partial charge in [-0.2, -0.15) is 0 Å². The van der Waals surface area contributed by atoms with Gasteiger partial charge in [0, 0.05) is 26.7 Å². The van der Waals surface area contributed by atoms with E-state index in [-0.39, 0.29) is 24.0 Å². The molecule has 0 aromatic heterocycles. The highest BCUT2D eigenvalue weighted by Gasteiger charge is 2.37. The van der Waals surface area contributed by atoms with Crippen molar-refractivity contribution in [1.82, 2.24) is 9.80 Å². The van der Waals surface area contributed by atoms with Crippen LogP contribution in [0, 0.1) is 5.41 Å². The zero-order valence-corrected chi connectivity index (χ0v) is 11.6. The van der Waals surface area contributed by atoms with Gasteiger partial charge in [-0.05, 0) is 24.8 Å². The topological polar surface area (TPSA) is 43.8 Å². The average Bonchev–Trinajstić information content (AvgIpc) is 2.29. The SMILES string of the molecule is CCCN1CC(C)(C)CN(C)C(=O)C1CCO. The molecule has 0 aliphatic carbocycles. The summed E-state index contributed by atoms with van der Waals surface area (Å²) in [7, 11) is 1.86. The molecule has 1 atom stereocenters. The monoisotopic (exact) mass is 242 g/mol. The van der Waals surface area contributed by atoms with E-state index < -0.39 is 0 Å². The molecule has 0 saturated carbocycles. The van der Waals surface area contributed by atoms with E-state index in [0.717, 1.165) is 26.1 Å². The molecule has 4 heteroatoms. The number of nitrogens with zero attached hydrogens (tertiary/aromatic N) is 2. The van der Waals surface area contributed by atoms with E-state index in [1.807, 2.05) is 11.9 Å². The van der Waals surface area contributed by atoms with Crippen LogP contribution in [0.5, 0.6) is 0 Å². The van der Waals surface area contributed by atoms with Gasteiger partial charge in [-0.15, -0.1) is 0 Å². The smallest absolute Gasteiger partial charge is 0.239 e. The van der Waals surface area contributed by atoms with E-state index in [1.54, 1.807) is 0 Å². The lowest BCUT2D eigenvalue weighted by Gasteiger charge is -2.32. The first kappa shape index (κ1) is 14.5. The second kappa shape index (κ2) is 5.83. The van der Waals surface area contributed by atoms with Gasteiger partial charge in [-0.25, -0.2) is 0 Å². The van der Waals surface area contributed by atoms with Gasteiger partial charge in [-0.1, -0.05) is 20.8 Å². The highest BCUT2D eigenvalue weighted by molar-refractivity contribution is 5.82. The van der Waals surface area contributed by atoms with Crippen LogP contribution < -0.4 is 0 Å². The molecule has 1 amide bonds. The predicted molar refractivity (Wildman–Crippen MR) is 68.8 cm³/mol. The maximum Gasteiger partial charge on any atom is 0.239 e. The molecule has 1 N–H and O–H groups in total. The second-order valence-electron chi connectivity index (χ2n) is 5.86. The summed E-state index contributed by atoms with van der Waals surface area (Å²) >= 11 is 0. The number of carbonyl (C=O) groups excluding carboxylic acids is 1. The lowest BCUT2D eigenvalue weighted by atomic mass is 9.92. The van der Waals surface area contributed by atoms with Crippen LogP contribution in [-0.4, -0.2) is 60.1 Å². The van der Waals surface area contributed by atoms with Crippen LogP contribution in [0.15, 0.2) is 0 Å². The summed E-state index contributed by atoms with van der Waals surface area (Å²) in [4.78, 5) is 16.3. The first-order chi connectivity index (χ1) is 7.91. The Kier molecular flexibility index (Phi) is 4.95. The lowest BCUT2D eigenvalue weighted by molar-refractivity contribution is -0.134. The van der Waals surface area contributed by atoms with E-state index in [9.17, 15) is 4.79 Å². The molecule has 0 aromatic rings. The molecule has 1 saturated heterocycles. The van der Waals surface area contributed by atoms with Crippen LogP contribution in [0.3, 0.4) is 0 Å². The quantitative estimate of drug-likeness (QED) is 0.798. The zero-order chi connectivity index (χ0) is 13.1. The van der Waals surface area contributed by atoms with Crippen LogP contribution in [0.2, 0.25) is 0 Å². The van der Waals surface area contributed by atoms with E-state index in [1.165, 1.54) is 0 Å². The van der Waals surface area contributed by atoms with Crippen molar-refractivity contribution in [2.24, 2.45) is 5.41 Å². The fourth-order valence-electron chi connectivity index (χ4n) is 2.79. The van der Waals surface area contributed by atoms with E-state index >= 15 is 0 Å². The van der Waals surface area contributed by atoms with Gasteiger partial charge in [0.05, 0.1) is 6.04 Å². The third-order valence-electron chi connectivity index (χ3n) is 3.31. The first-order valence-electron chi connectivity index (χ1n) is 6.51. The summed E-state index contributed by atoms with van der Waals surface area (Å²) in [5, 5.41) is 9.13. The summed E-state index contributed by atoms with van der Waals surface area (Å²) < 4.78 is 0. The Morgan fingerprint density at radius 3 is 2.59 bits per heavy atom. The number of rotatable bonds is 4. The molecule has 0 bridgehead atoms. The van der Waals surface area contributed by atoms with E-state index in [2.05, 4.69) is 25.7 Å². The second-order valence-corrected chi connectivity index (χ2v) is 5.86. The van der Waals surface area contributed by atoms with Crippen LogP contribution >= 0.6 is 0 Å². The van der Waals surface area contributed by atoms with Gasteiger partial charge in [0.25, 0.3) is 0 Å². The van der Waals surface area contributed by atoms with Gasteiger partial charge in [0.15, 0.2) is 0 Å². The maximum absolute atomic E-state index is 12.3. The number of hydrogen-bond acceptors (Lipinski definition) is 3. The van der Waals surface area contributed by atoms with E-state index in [0.29, 0.717) is 6.42 Å². The summed E-state index contributed by atoms with van der Waals surface area (Å²) in [6, 6.07) is -0.147. The molecule has 0 radical (unpaired) electrons. The summed E-state index contributed by atoms with van der Waals surface area (Å²) in [6.45, 7) is 9.22. The third kappa shape index (κ3) is 3.68. The normalized spacial score (nSPS) is 26.1. The highest BCUT2D eigenvalue weighted by atomic mass is 16.3. The fraction of sp³-hybridized carbons (Fsp3) is 0.923. The van der Waals surface area contributed by atoms with Crippen LogP contribution in [0.4, 0.5) is 0 Å². The first-order valence-corrected chi connectivity index (χ1v) is 6.51. The molecule has 1 aliphatic heterocycles. The standard InChI is InChI=1S/C13H26N2O2/c1-5-7-15-10-13(2,3)9-14(4)12(17)11(15)6-8-16/h11,16H,5-10H2,1-4H3. The van der Waals surface area contributed by atoms with Crippen molar-refractivity contribution in [2.45, 2.75) is 39.7 Å². The molecule has 1 unspecified atom stereocenters. The molecule has 0 aromatic carbocycles. The minimum Gasteiger partial charge on any atom is -0.396 e. The Labute approximate surface area is 105 Å². The van der Waals surface area contributed by atoms with Crippen molar-refractivity contribution < 1.29 is 9.90 Å². The molecule has 100 valence electrons. The summed E-state index contributed by atoms with van der Waals surface area (Å²) in [5.74, 6) is 0.151. The predicted octanol–water partition coefficient (Wildman–Crippen LogP) is 0.948. The molecule has 1 heterocycles. The molecule has 1 rings (SSSR count). The number of aliphatic hydroxyl groups is 1. The number of amides is 1. The van der Waals surface area contributed by atoms with Crippen LogP contribution in [0.25, 0.3) is 0 Å². The van der Waals surface area contributed by atoms with Crippen molar-refractivity contribution in [3.05, 3.63) is 0 Å². The van der Waals surface area contributed by atoms with Crippen molar-refractivity contribution in [2.75, 3.05) is 33.3 Å². The molecule has 17 heavy (non-hydrogen) atoms. The Hall–Kier alpha value is -0.610. The molecule has 1 fully saturated rings. The van der Waals surface area contributed by atoms with Gasteiger partial charge in [0.1, 0.15) is 0 Å². The van der Waals surface area contributed by atoms with Crippen molar-refractivity contribution in [3.63, 3.8) is 0 Å². The Morgan fingerprint density at radius 1 is 1.41 bits per heavy atom. The average molecular weight is 242 g/mol. The number of hydrogen-bond donors (Lipinski definition) is 1. The maximum atomic E-state index is 12.3. The molecular formula is C13H26N2O2. The van der Waals surface area contributed by atoms with Crippen LogP contribution in [0.1, 0.15) is 33.6 Å². The molecule has 4 nitrogen and oxygen atoms in total. The minimum atomic E-state index is -0.147. The van der Waals surface area contributed by atoms with Gasteiger partial charge >= 0.3 is 0 Å². The Bertz CT molecular complexity index is 266. The highest BCUT2D eigenvalue weighted by Crippen LogP contribution is 2.25.